The number of hydrogen-bond acceptors (Lipinski definition) is 5. The first-order valence-electron chi connectivity index (χ1n) is 11.1. The normalized spacial score (nSPS) is 19.9. The molecule has 0 amide bonds. The molecule has 28 heavy (non-hydrogen) atoms. The lowest BCUT2D eigenvalue weighted by Gasteiger charge is -2.33. The van der Waals surface area contributed by atoms with Gasteiger partial charge in [-0.3, -0.25) is 9.79 Å². The monoisotopic (exact) mass is 396 g/mol. The molecule has 0 radical (unpaired) electrons. The van der Waals surface area contributed by atoms with Gasteiger partial charge in [0.15, 0.2) is 5.96 Å². The van der Waals surface area contributed by atoms with E-state index >= 15 is 0 Å². The Bertz CT molecular complexity index is 470. The smallest absolute Gasteiger partial charge is 0.306 e. The van der Waals surface area contributed by atoms with Crippen molar-refractivity contribution in [1.82, 2.24) is 15.5 Å². The number of carbonyl (C=O) groups excluding carboxylic acids is 1. The van der Waals surface area contributed by atoms with Crippen LogP contribution in [0.1, 0.15) is 65.2 Å². The molecule has 0 unspecified atom stereocenters. The quantitative estimate of drug-likeness (QED) is 0.255. The first-order valence-corrected chi connectivity index (χ1v) is 11.1. The van der Waals surface area contributed by atoms with Gasteiger partial charge in [0.2, 0.25) is 0 Å². The van der Waals surface area contributed by atoms with E-state index in [2.05, 4.69) is 34.4 Å². The number of likely N-dealkylation sites (tertiary alicyclic amines) is 1. The fraction of sp³-hybridized carbons (Fsp3) is 0.905. The van der Waals surface area contributed by atoms with E-state index < -0.39 is 0 Å². The molecule has 0 atom stereocenters. The summed E-state index contributed by atoms with van der Waals surface area (Å²) >= 11 is 0. The lowest BCUT2D eigenvalue weighted by Crippen LogP contribution is -2.49. The number of aliphatic imine (C=N–C) groups is 1. The van der Waals surface area contributed by atoms with Crippen LogP contribution < -0.4 is 10.6 Å². The van der Waals surface area contributed by atoms with Crippen molar-refractivity contribution in [1.29, 1.82) is 0 Å². The van der Waals surface area contributed by atoms with Gasteiger partial charge in [-0.15, -0.1) is 0 Å². The fourth-order valence-corrected chi connectivity index (χ4v) is 3.80. The van der Waals surface area contributed by atoms with Crippen LogP contribution in [0.3, 0.4) is 0 Å². The fourth-order valence-electron chi connectivity index (χ4n) is 3.80. The third kappa shape index (κ3) is 9.24. The first kappa shape index (κ1) is 22.9. The van der Waals surface area contributed by atoms with Crippen LogP contribution in [0.25, 0.3) is 0 Å². The lowest BCUT2D eigenvalue weighted by molar-refractivity contribution is -0.148. The summed E-state index contributed by atoms with van der Waals surface area (Å²) in [4.78, 5) is 18.6. The number of guanidine groups is 1. The molecule has 7 heteroatoms. The molecule has 2 N–H and O–H groups in total. The van der Waals surface area contributed by atoms with Crippen molar-refractivity contribution < 1.29 is 14.3 Å². The van der Waals surface area contributed by atoms with Gasteiger partial charge in [0.25, 0.3) is 0 Å². The summed E-state index contributed by atoms with van der Waals surface area (Å²) in [7, 11) is 1.79. The van der Waals surface area contributed by atoms with Crippen LogP contribution in [0, 0.1) is 0 Å². The predicted octanol–water partition coefficient (Wildman–Crippen LogP) is 2.31. The number of esters is 1. The molecule has 2 aliphatic rings. The molecule has 1 heterocycles. The van der Waals surface area contributed by atoms with Gasteiger partial charge in [0, 0.05) is 45.7 Å². The van der Waals surface area contributed by atoms with Crippen LogP contribution >= 0.6 is 0 Å². The maximum atomic E-state index is 11.9. The number of ether oxygens (including phenoxy) is 2. The van der Waals surface area contributed by atoms with Gasteiger partial charge < -0.3 is 25.0 Å². The second-order valence-electron chi connectivity index (χ2n) is 8.18. The summed E-state index contributed by atoms with van der Waals surface area (Å²) in [5.74, 6) is 0.760. The highest BCUT2D eigenvalue weighted by Crippen LogP contribution is 2.21. The Morgan fingerprint density at radius 2 is 1.89 bits per heavy atom. The number of rotatable bonds is 10. The average Bonchev–Trinajstić information content (AvgIpc) is 3.18. The van der Waals surface area contributed by atoms with Crippen molar-refractivity contribution in [3.8, 4) is 0 Å². The van der Waals surface area contributed by atoms with E-state index in [0.29, 0.717) is 18.6 Å². The second-order valence-corrected chi connectivity index (χ2v) is 8.18. The van der Waals surface area contributed by atoms with E-state index in [1.54, 1.807) is 7.05 Å². The Morgan fingerprint density at radius 3 is 2.54 bits per heavy atom. The zero-order valence-electron chi connectivity index (χ0n) is 18.0. The summed E-state index contributed by atoms with van der Waals surface area (Å²) in [6, 6.07) is 0.445. The predicted molar refractivity (Wildman–Crippen MR) is 113 cm³/mol. The number of hydrogen-bond donors (Lipinski definition) is 2. The van der Waals surface area contributed by atoms with Crippen molar-refractivity contribution in [2.75, 3.05) is 39.8 Å². The molecule has 0 aromatic rings. The van der Waals surface area contributed by atoms with E-state index in [1.165, 1.54) is 12.8 Å². The van der Waals surface area contributed by atoms with Crippen molar-refractivity contribution in [3.63, 3.8) is 0 Å². The molecule has 7 nitrogen and oxygen atoms in total. The Hall–Kier alpha value is -1.34. The van der Waals surface area contributed by atoms with Crippen molar-refractivity contribution in [3.05, 3.63) is 0 Å². The van der Waals surface area contributed by atoms with E-state index in [0.717, 1.165) is 70.8 Å². The Morgan fingerprint density at radius 1 is 1.18 bits per heavy atom. The molecule has 2 fully saturated rings. The molecule has 0 aromatic heterocycles. The lowest BCUT2D eigenvalue weighted by atomic mass is 10.1. The van der Waals surface area contributed by atoms with Gasteiger partial charge in [0.05, 0.1) is 12.7 Å². The maximum Gasteiger partial charge on any atom is 0.306 e. The van der Waals surface area contributed by atoms with Gasteiger partial charge in [0.1, 0.15) is 6.10 Å². The topological polar surface area (TPSA) is 75.2 Å². The highest BCUT2D eigenvalue weighted by molar-refractivity contribution is 5.80. The number of nitrogens with one attached hydrogen (secondary N) is 2. The molecule has 0 aromatic carbocycles. The van der Waals surface area contributed by atoms with Crippen molar-refractivity contribution in [2.24, 2.45) is 4.99 Å². The van der Waals surface area contributed by atoms with Crippen molar-refractivity contribution in [2.45, 2.75) is 83.5 Å². The largest absolute Gasteiger partial charge is 0.462 e. The summed E-state index contributed by atoms with van der Waals surface area (Å²) in [6.07, 6.45) is 8.35. The molecule has 1 aliphatic carbocycles. The van der Waals surface area contributed by atoms with Gasteiger partial charge in [-0.05, 0) is 58.8 Å². The minimum absolute atomic E-state index is 0.0644. The van der Waals surface area contributed by atoms with Crippen LogP contribution in [0.15, 0.2) is 4.99 Å². The Balaban J connectivity index is 1.53. The van der Waals surface area contributed by atoms with Crippen LogP contribution in [0.4, 0.5) is 0 Å². The van der Waals surface area contributed by atoms with Gasteiger partial charge >= 0.3 is 5.97 Å². The summed E-state index contributed by atoms with van der Waals surface area (Å²) in [6.45, 7) is 8.87. The zero-order valence-corrected chi connectivity index (χ0v) is 18.0. The molecule has 2 rings (SSSR count). The maximum absolute atomic E-state index is 11.9. The highest BCUT2D eigenvalue weighted by Gasteiger charge is 2.20. The number of carbonyl (C=O) groups is 1. The van der Waals surface area contributed by atoms with Crippen molar-refractivity contribution >= 4 is 11.9 Å². The molecule has 162 valence electrons. The Labute approximate surface area is 170 Å². The van der Waals surface area contributed by atoms with Gasteiger partial charge in [-0.1, -0.05) is 0 Å². The summed E-state index contributed by atoms with van der Waals surface area (Å²) < 4.78 is 11.1. The SMILES string of the molecule is CN=C(NCCCC(=O)OC1CCCC1)NC1CCN(CCOC(C)C)CC1. The third-order valence-corrected chi connectivity index (χ3v) is 5.46. The van der Waals surface area contributed by atoms with Crippen LogP contribution in [0.5, 0.6) is 0 Å². The Kier molecular flexibility index (Phi) is 10.6. The number of piperidine rings is 1. The molecule has 1 saturated heterocycles. The van der Waals surface area contributed by atoms with E-state index in [4.69, 9.17) is 9.47 Å². The van der Waals surface area contributed by atoms with E-state index in [-0.39, 0.29) is 12.1 Å². The zero-order chi connectivity index (χ0) is 20.2. The van der Waals surface area contributed by atoms with E-state index in [1.807, 2.05) is 0 Å². The third-order valence-electron chi connectivity index (χ3n) is 5.46. The summed E-state index contributed by atoms with van der Waals surface area (Å²) in [5, 5.41) is 6.83. The van der Waals surface area contributed by atoms with Gasteiger partial charge in [-0.25, -0.2) is 0 Å². The minimum atomic E-state index is -0.0644. The van der Waals surface area contributed by atoms with Gasteiger partial charge in [-0.2, -0.15) is 0 Å². The average molecular weight is 397 g/mol. The second kappa shape index (κ2) is 13.0. The van der Waals surface area contributed by atoms with Crippen LogP contribution in [0.2, 0.25) is 0 Å². The van der Waals surface area contributed by atoms with E-state index in [9.17, 15) is 4.79 Å². The highest BCUT2D eigenvalue weighted by atomic mass is 16.5. The van der Waals surface area contributed by atoms with Crippen LogP contribution in [-0.2, 0) is 14.3 Å². The molecule has 0 spiro atoms. The molecule has 1 aliphatic heterocycles. The molecular formula is C21H40N4O3. The molecular weight excluding hydrogens is 356 g/mol. The number of nitrogens with zero attached hydrogens (tertiary/aromatic N) is 2. The minimum Gasteiger partial charge on any atom is -0.462 e. The van der Waals surface area contributed by atoms with Crippen LogP contribution in [-0.4, -0.2) is 74.9 Å². The molecule has 1 saturated carbocycles. The first-order chi connectivity index (χ1) is 13.6. The molecule has 0 bridgehead atoms. The standard InChI is InChI=1S/C21H40N4O3/c1-17(2)27-16-15-25-13-10-18(11-14-25)24-21(22-3)23-12-6-9-20(26)28-19-7-4-5-8-19/h17-19H,4-16H2,1-3H3,(H2,22,23,24). The summed E-state index contributed by atoms with van der Waals surface area (Å²) in [5.41, 5.74) is 0.